The lowest BCUT2D eigenvalue weighted by Crippen LogP contribution is -2.50. The minimum absolute atomic E-state index is 0.0661. The molecule has 0 saturated heterocycles. The summed E-state index contributed by atoms with van der Waals surface area (Å²) in [5, 5.41) is 2.54. The summed E-state index contributed by atoms with van der Waals surface area (Å²) in [6, 6.07) is 14.1. The van der Waals surface area contributed by atoms with Crippen LogP contribution in [0.15, 0.2) is 53.4 Å². The van der Waals surface area contributed by atoms with Gasteiger partial charge < -0.3 is 10.1 Å². The first-order valence-corrected chi connectivity index (χ1v) is 11.5. The van der Waals surface area contributed by atoms with E-state index in [0.717, 1.165) is 12.8 Å². The van der Waals surface area contributed by atoms with E-state index in [1.54, 1.807) is 36.4 Å². The second-order valence-electron chi connectivity index (χ2n) is 7.63. The first-order chi connectivity index (χ1) is 14.0. The maximum atomic E-state index is 13.4. The topological polar surface area (TPSA) is 75.7 Å². The quantitative estimate of drug-likeness (QED) is 0.832. The highest BCUT2D eigenvalue weighted by atomic mass is 32.2. The molecule has 1 fully saturated rings. The van der Waals surface area contributed by atoms with Crippen molar-refractivity contribution in [1.29, 1.82) is 0 Å². The highest BCUT2D eigenvalue weighted by molar-refractivity contribution is 7.92. The summed E-state index contributed by atoms with van der Waals surface area (Å²) in [6.07, 6.45) is 5.18. The van der Waals surface area contributed by atoms with Crippen molar-refractivity contribution in [2.24, 2.45) is 0 Å². The Morgan fingerprint density at radius 1 is 1.03 bits per heavy atom. The summed E-state index contributed by atoms with van der Waals surface area (Å²) in [5.74, 6) is 0.546. The van der Waals surface area contributed by atoms with Crippen LogP contribution in [0.25, 0.3) is 0 Å². The minimum atomic E-state index is -3.82. The molecule has 0 bridgehead atoms. The van der Waals surface area contributed by atoms with Crippen LogP contribution in [0.2, 0.25) is 0 Å². The molecule has 7 heteroatoms. The third-order valence-corrected chi connectivity index (χ3v) is 7.61. The largest absolute Gasteiger partial charge is 0.476 e. The molecule has 1 N–H and O–H groups in total. The lowest BCUT2D eigenvalue weighted by Gasteiger charge is -2.34. The SMILES string of the molecule is CNC(=O)C1CN(S(=O)(=O)c2ccc(C3CCCCC3)cc2)c2ccccc2O1. The molecule has 154 valence electrons. The fourth-order valence-electron chi connectivity index (χ4n) is 4.20. The number of amides is 1. The van der Waals surface area contributed by atoms with Crippen molar-refractivity contribution < 1.29 is 17.9 Å². The van der Waals surface area contributed by atoms with Crippen LogP contribution in [0.1, 0.15) is 43.6 Å². The van der Waals surface area contributed by atoms with Crippen molar-refractivity contribution in [3.05, 3.63) is 54.1 Å². The van der Waals surface area contributed by atoms with Crippen LogP contribution in [-0.4, -0.2) is 34.0 Å². The molecule has 1 atom stereocenters. The zero-order valence-corrected chi connectivity index (χ0v) is 17.3. The van der Waals surface area contributed by atoms with Crippen molar-refractivity contribution in [2.45, 2.75) is 49.0 Å². The van der Waals surface area contributed by atoms with Crippen LogP contribution >= 0.6 is 0 Å². The molecule has 1 aliphatic heterocycles. The molecule has 29 heavy (non-hydrogen) atoms. The Bertz CT molecular complexity index is 982. The van der Waals surface area contributed by atoms with Gasteiger partial charge in [0.25, 0.3) is 15.9 Å². The van der Waals surface area contributed by atoms with Gasteiger partial charge in [-0.1, -0.05) is 43.5 Å². The Balaban J connectivity index is 1.66. The lowest BCUT2D eigenvalue weighted by atomic mass is 9.84. The van der Waals surface area contributed by atoms with E-state index >= 15 is 0 Å². The molecule has 1 unspecified atom stereocenters. The Hall–Kier alpha value is -2.54. The zero-order chi connectivity index (χ0) is 20.4. The van der Waals surface area contributed by atoms with E-state index in [-0.39, 0.29) is 17.3 Å². The number of ether oxygens (including phenoxy) is 1. The van der Waals surface area contributed by atoms with Crippen LogP contribution in [0.4, 0.5) is 5.69 Å². The lowest BCUT2D eigenvalue weighted by molar-refractivity contribution is -0.127. The molecule has 1 aliphatic carbocycles. The number of nitrogens with zero attached hydrogens (tertiary/aromatic N) is 1. The number of anilines is 1. The normalized spacial score (nSPS) is 19.9. The average Bonchev–Trinajstić information content (AvgIpc) is 2.78. The molecule has 6 nitrogen and oxygen atoms in total. The van der Waals surface area contributed by atoms with Gasteiger partial charge in [-0.2, -0.15) is 0 Å². The number of carbonyl (C=O) groups is 1. The standard InChI is InChI=1S/C22H26N2O4S/c1-23-22(25)21-15-24(19-9-5-6-10-20(19)28-21)29(26,27)18-13-11-17(12-14-18)16-7-3-2-4-8-16/h5-6,9-14,16,21H,2-4,7-8,15H2,1H3,(H,23,25). The Morgan fingerprint density at radius 2 is 1.72 bits per heavy atom. The average molecular weight is 415 g/mol. The number of hydrogen-bond acceptors (Lipinski definition) is 4. The summed E-state index contributed by atoms with van der Waals surface area (Å²) in [6.45, 7) is -0.0661. The maximum absolute atomic E-state index is 13.4. The van der Waals surface area contributed by atoms with Gasteiger partial charge >= 0.3 is 0 Å². The summed E-state index contributed by atoms with van der Waals surface area (Å²) in [7, 11) is -2.32. The number of para-hydroxylation sites is 2. The van der Waals surface area contributed by atoms with E-state index in [0.29, 0.717) is 17.4 Å². The second kappa shape index (κ2) is 8.06. The monoisotopic (exact) mass is 414 g/mol. The summed E-state index contributed by atoms with van der Waals surface area (Å²) in [4.78, 5) is 12.4. The van der Waals surface area contributed by atoms with Crippen molar-refractivity contribution in [1.82, 2.24) is 5.32 Å². The summed E-state index contributed by atoms with van der Waals surface area (Å²) in [5.41, 5.74) is 1.65. The summed E-state index contributed by atoms with van der Waals surface area (Å²) < 4.78 is 33.9. The molecule has 0 spiro atoms. The van der Waals surface area contributed by atoms with Gasteiger partial charge in [-0.3, -0.25) is 9.10 Å². The first kappa shape index (κ1) is 19.8. The van der Waals surface area contributed by atoms with Gasteiger partial charge in [-0.05, 0) is 48.6 Å². The fraction of sp³-hybridized carbons (Fsp3) is 0.409. The van der Waals surface area contributed by atoms with Crippen LogP contribution in [0.5, 0.6) is 5.75 Å². The number of sulfonamides is 1. The van der Waals surface area contributed by atoms with Crippen molar-refractivity contribution in [3.63, 3.8) is 0 Å². The number of carbonyl (C=O) groups excluding carboxylic acids is 1. The second-order valence-corrected chi connectivity index (χ2v) is 9.49. The predicted molar refractivity (Wildman–Crippen MR) is 112 cm³/mol. The van der Waals surface area contributed by atoms with Crippen LogP contribution < -0.4 is 14.4 Å². The number of nitrogens with one attached hydrogen (secondary N) is 1. The number of benzene rings is 2. The molecular formula is C22H26N2O4S. The van der Waals surface area contributed by atoms with Crippen LogP contribution in [0.3, 0.4) is 0 Å². The Morgan fingerprint density at radius 3 is 2.41 bits per heavy atom. The molecule has 2 aromatic carbocycles. The van der Waals surface area contributed by atoms with Crippen LogP contribution in [0, 0.1) is 0 Å². The smallest absolute Gasteiger partial charge is 0.264 e. The maximum Gasteiger partial charge on any atom is 0.264 e. The van der Waals surface area contributed by atoms with E-state index in [1.807, 2.05) is 12.1 Å². The van der Waals surface area contributed by atoms with Gasteiger partial charge in [0.05, 0.1) is 17.1 Å². The van der Waals surface area contributed by atoms with Gasteiger partial charge in [-0.15, -0.1) is 0 Å². The third kappa shape index (κ3) is 3.83. The van der Waals surface area contributed by atoms with Crippen molar-refractivity contribution in [3.8, 4) is 5.75 Å². The van der Waals surface area contributed by atoms with E-state index in [2.05, 4.69) is 5.32 Å². The molecule has 0 aromatic heterocycles. The van der Waals surface area contributed by atoms with Gasteiger partial charge in [-0.25, -0.2) is 8.42 Å². The highest BCUT2D eigenvalue weighted by Gasteiger charge is 2.37. The minimum Gasteiger partial charge on any atom is -0.476 e. The molecule has 0 radical (unpaired) electrons. The van der Waals surface area contributed by atoms with Gasteiger partial charge in [0, 0.05) is 7.05 Å². The highest BCUT2D eigenvalue weighted by Crippen LogP contribution is 2.37. The Labute approximate surface area is 171 Å². The fourth-order valence-corrected chi connectivity index (χ4v) is 5.68. The molecule has 1 heterocycles. The molecule has 1 amide bonds. The van der Waals surface area contributed by atoms with Gasteiger partial charge in [0.2, 0.25) is 0 Å². The zero-order valence-electron chi connectivity index (χ0n) is 16.5. The first-order valence-electron chi connectivity index (χ1n) is 10.1. The number of hydrogen-bond donors (Lipinski definition) is 1. The molecule has 1 saturated carbocycles. The van der Waals surface area contributed by atoms with E-state index in [9.17, 15) is 13.2 Å². The van der Waals surface area contributed by atoms with Crippen molar-refractivity contribution in [2.75, 3.05) is 17.9 Å². The van der Waals surface area contributed by atoms with E-state index < -0.39 is 16.1 Å². The predicted octanol–water partition coefficient (Wildman–Crippen LogP) is 3.44. The molecule has 2 aliphatic rings. The number of fused-ring (bicyclic) bond motifs is 1. The number of rotatable bonds is 4. The van der Waals surface area contributed by atoms with Crippen LogP contribution in [-0.2, 0) is 14.8 Å². The van der Waals surface area contributed by atoms with Gasteiger partial charge in [0.1, 0.15) is 5.75 Å². The Kier molecular flexibility index (Phi) is 5.50. The van der Waals surface area contributed by atoms with E-state index in [1.165, 1.54) is 36.2 Å². The molecular weight excluding hydrogens is 388 g/mol. The van der Waals surface area contributed by atoms with Crippen molar-refractivity contribution >= 4 is 21.6 Å². The number of likely N-dealkylation sites (N-methyl/N-ethyl adjacent to an activating group) is 1. The van der Waals surface area contributed by atoms with E-state index in [4.69, 9.17) is 4.74 Å². The summed E-state index contributed by atoms with van der Waals surface area (Å²) >= 11 is 0. The third-order valence-electron chi connectivity index (χ3n) is 5.82. The molecule has 4 rings (SSSR count). The molecule has 2 aromatic rings. The van der Waals surface area contributed by atoms with Gasteiger partial charge in [0.15, 0.2) is 6.10 Å².